The molecule has 1 aromatic carbocycles. The molecule has 0 heterocycles. The van der Waals surface area contributed by atoms with Crippen molar-refractivity contribution in [3.63, 3.8) is 0 Å². The van der Waals surface area contributed by atoms with Gasteiger partial charge >= 0.3 is 5.97 Å². The normalized spacial score (nSPS) is 14.3. The quantitative estimate of drug-likeness (QED) is 0.775. The summed E-state index contributed by atoms with van der Waals surface area (Å²) in [5, 5.41) is 8.91. The molecule has 0 bridgehead atoms. The topological polar surface area (TPSA) is 112 Å². The number of hydrogen-bond donors (Lipinski definition) is 1. The first kappa shape index (κ1) is 18.6. The molecule has 124 valence electrons. The molecule has 0 radical (unpaired) electrons. The Hall–Kier alpha value is -1.49. The second kappa shape index (κ2) is 6.32. The van der Waals surface area contributed by atoms with Crippen molar-refractivity contribution in [3.8, 4) is 0 Å². The minimum atomic E-state index is -4.12. The van der Waals surface area contributed by atoms with Crippen LogP contribution in [0.3, 0.4) is 0 Å². The number of nitrogens with zero attached hydrogens (tertiary/aromatic N) is 2. The van der Waals surface area contributed by atoms with E-state index in [2.05, 4.69) is 0 Å². The lowest BCUT2D eigenvalue weighted by Gasteiger charge is -2.21. The van der Waals surface area contributed by atoms with Crippen LogP contribution in [0.25, 0.3) is 0 Å². The van der Waals surface area contributed by atoms with E-state index >= 15 is 0 Å². The lowest BCUT2D eigenvalue weighted by atomic mass is 10.4. The Balaban J connectivity index is 3.38. The molecule has 0 aliphatic heterocycles. The van der Waals surface area contributed by atoms with Gasteiger partial charge in [-0.2, -0.15) is 4.31 Å². The maximum absolute atomic E-state index is 12.4. The van der Waals surface area contributed by atoms with Gasteiger partial charge in [-0.3, -0.25) is 4.79 Å². The fourth-order valence-electron chi connectivity index (χ4n) is 1.54. The molecule has 0 aliphatic rings. The summed E-state index contributed by atoms with van der Waals surface area (Å²) >= 11 is 0. The second-order valence-corrected chi connectivity index (χ2v) is 8.95. The highest BCUT2D eigenvalue weighted by Gasteiger charge is 2.30. The van der Waals surface area contributed by atoms with Crippen LogP contribution in [0.5, 0.6) is 0 Å². The summed E-state index contributed by atoms with van der Waals surface area (Å²) in [6.45, 7) is 1.22. The smallest absolute Gasteiger partial charge is 0.321 e. The average molecular weight is 350 g/mol. The predicted octanol–water partition coefficient (Wildman–Crippen LogP) is 0.0305. The van der Waals surface area contributed by atoms with Crippen LogP contribution >= 0.6 is 0 Å². The van der Waals surface area contributed by atoms with Crippen LogP contribution in [-0.2, 0) is 24.8 Å². The molecule has 0 saturated carbocycles. The van der Waals surface area contributed by atoms with Crippen molar-refractivity contribution < 1.29 is 26.7 Å². The molecule has 1 rings (SSSR count). The first-order chi connectivity index (χ1) is 9.92. The molecule has 0 spiro atoms. The summed E-state index contributed by atoms with van der Waals surface area (Å²) in [5.74, 6) is -1.30. The molecule has 0 fully saturated rings. The Bertz CT molecular complexity index is 771. The van der Waals surface area contributed by atoms with Crippen LogP contribution in [0.15, 0.2) is 34.1 Å². The number of hydrogen-bond acceptors (Lipinski definition) is 5. The van der Waals surface area contributed by atoms with Gasteiger partial charge in [0, 0.05) is 21.1 Å². The SMILES string of the molecule is CC(C(=O)O)N(C)S(=O)(=O)c1cccc(S(=O)(=O)N(C)C)c1. The fraction of sp³-hybridized carbons (Fsp3) is 0.417. The van der Waals surface area contributed by atoms with Gasteiger partial charge in [-0.1, -0.05) is 6.07 Å². The van der Waals surface area contributed by atoms with Gasteiger partial charge < -0.3 is 5.11 Å². The molecule has 0 amide bonds. The van der Waals surface area contributed by atoms with Crippen molar-refractivity contribution in [1.82, 2.24) is 8.61 Å². The predicted molar refractivity (Wildman–Crippen MR) is 79.4 cm³/mol. The van der Waals surface area contributed by atoms with E-state index in [1.165, 1.54) is 39.2 Å². The van der Waals surface area contributed by atoms with Crippen LogP contribution in [-0.4, -0.2) is 63.7 Å². The third kappa shape index (κ3) is 3.46. The molecule has 10 heteroatoms. The maximum atomic E-state index is 12.4. The van der Waals surface area contributed by atoms with Crippen molar-refractivity contribution in [2.24, 2.45) is 0 Å². The summed E-state index contributed by atoms with van der Waals surface area (Å²) in [4.78, 5) is 10.5. The van der Waals surface area contributed by atoms with E-state index in [4.69, 9.17) is 5.11 Å². The van der Waals surface area contributed by atoms with Crippen molar-refractivity contribution in [2.75, 3.05) is 21.1 Å². The lowest BCUT2D eigenvalue weighted by Crippen LogP contribution is -2.40. The number of sulfonamides is 2. The van der Waals surface area contributed by atoms with Gasteiger partial charge in [0.1, 0.15) is 6.04 Å². The zero-order valence-corrected chi connectivity index (χ0v) is 14.2. The van der Waals surface area contributed by atoms with Gasteiger partial charge in [0.2, 0.25) is 20.0 Å². The van der Waals surface area contributed by atoms with Crippen LogP contribution in [0.1, 0.15) is 6.92 Å². The molecule has 0 aromatic heterocycles. The van der Waals surface area contributed by atoms with Gasteiger partial charge in [-0.15, -0.1) is 0 Å². The Labute approximate surface area is 130 Å². The van der Waals surface area contributed by atoms with Crippen molar-refractivity contribution in [1.29, 1.82) is 0 Å². The van der Waals surface area contributed by atoms with Crippen LogP contribution < -0.4 is 0 Å². The van der Waals surface area contributed by atoms with Gasteiger partial charge in [-0.05, 0) is 25.1 Å². The zero-order chi connectivity index (χ0) is 17.3. The van der Waals surface area contributed by atoms with Gasteiger partial charge in [0.25, 0.3) is 0 Å². The molecule has 1 N–H and O–H groups in total. The molecule has 0 aliphatic carbocycles. The van der Waals surface area contributed by atoms with Gasteiger partial charge in [-0.25, -0.2) is 21.1 Å². The number of carboxylic acid groups (broad SMARTS) is 1. The number of carbonyl (C=O) groups is 1. The summed E-state index contributed by atoms with van der Waals surface area (Å²) in [5.41, 5.74) is 0. The van der Waals surface area contributed by atoms with E-state index < -0.39 is 32.1 Å². The van der Waals surface area contributed by atoms with Crippen LogP contribution in [0.2, 0.25) is 0 Å². The average Bonchev–Trinajstić information content (AvgIpc) is 2.45. The standard InChI is InChI=1S/C12H18N2O6S2/c1-9(12(15)16)14(4)22(19,20)11-7-5-6-10(8-11)21(17,18)13(2)3/h5-9H,1-4H3,(H,15,16). The monoisotopic (exact) mass is 350 g/mol. The first-order valence-corrected chi connectivity index (χ1v) is 9.04. The van der Waals surface area contributed by atoms with Gasteiger partial charge in [0.05, 0.1) is 9.79 Å². The van der Waals surface area contributed by atoms with E-state index in [-0.39, 0.29) is 9.79 Å². The van der Waals surface area contributed by atoms with E-state index in [1.54, 1.807) is 0 Å². The minimum Gasteiger partial charge on any atom is -0.480 e. The number of aliphatic carboxylic acids is 1. The maximum Gasteiger partial charge on any atom is 0.321 e. The molecule has 1 aromatic rings. The second-order valence-electron chi connectivity index (χ2n) is 4.80. The Kier molecular flexibility index (Phi) is 5.34. The van der Waals surface area contributed by atoms with E-state index in [0.717, 1.165) is 17.4 Å². The highest BCUT2D eigenvalue weighted by Crippen LogP contribution is 2.21. The first-order valence-electron chi connectivity index (χ1n) is 6.16. The molecule has 1 unspecified atom stereocenters. The number of benzene rings is 1. The third-order valence-electron chi connectivity index (χ3n) is 3.16. The van der Waals surface area contributed by atoms with Crippen LogP contribution in [0, 0.1) is 0 Å². The summed E-state index contributed by atoms with van der Waals surface area (Å²) in [6.07, 6.45) is 0. The molecule has 0 saturated heterocycles. The molecular formula is C12H18N2O6S2. The number of carboxylic acids is 1. The van der Waals surface area contributed by atoms with E-state index in [1.807, 2.05) is 0 Å². The van der Waals surface area contributed by atoms with Crippen molar-refractivity contribution in [3.05, 3.63) is 24.3 Å². The minimum absolute atomic E-state index is 0.185. The highest BCUT2D eigenvalue weighted by molar-refractivity contribution is 7.90. The number of likely N-dealkylation sites (N-methyl/N-ethyl adjacent to an activating group) is 1. The third-order valence-corrected chi connectivity index (χ3v) is 6.90. The summed E-state index contributed by atoms with van der Waals surface area (Å²) < 4.78 is 50.5. The summed E-state index contributed by atoms with van der Waals surface area (Å²) in [6, 6.07) is 3.52. The van der Waals surface area contributed by atoms with E-state index in [0.29, 0.717) is 4.31 Å². The van der Waals surface area contributed by atoms with Crippen LogP contribution in [0.4, 0.5) is 0 Å². The Morgan fingerprint density at radius 3 is 1.91 bits per heavy atom. The Morgan fingerprint density at radius 2 is 1.50 bits per heavy atom. The zero-order valence-electron chi connectivity index (χ0n) is 12.6. The van der Waals surface area contributed by atoms with Gasteiger partial charge in [0.15, 0.2) is 0 Å². The molecule has 8 nitrogen and oxygen atoms in total. The molecular weight excluding hydrogens is 332 g/mol. The Morgan fingerprint density at radius 1 is 1.05 bits per heavy atom. The highest BCUT2D eigenvalue weighted by atomic mass is 32.2. The fourth-order valence-corrected chi connectivity index (χ4v) is 3.92. The largest absolute Gasteiger partial charge is 0.480 e. The van der Waals surface area contributed by atoms with E-state index in [9.17, 15) is 21.6 Å². The van der Waals surface area contributed by atoms with Crippen molar-refractivity contribution >= 4 is 26.0 Å². The van der Waals surface area contributed by atoms with Crippen molar-refractivity contribution in [2.45, 2.75) is 22.8 Å². The number of rotatable bonds is 6. The summed E-state index contributed by atoms with van der Waals surface area (Å²) in [7, 11) is -4.13. The molecule has 22 heavy (non-hydrogen) atoms. The molecule has 1 atom stereocenters. The lowest BCUT2D eigenvalue weighted by molar-refractivity contribution is -0.140.